The average molecular weight is 248 g/mol. The molecule has 2 aromatic rings. The number of ether oxygens (including phenoxy) is 1. The second kappa shape index (κ2) is 6.26. The quantitative estimate of drug-likeness (QED) is 0.755. The van der Waals surface area contributed by atoms with Gasteiger partial charge in [-0.15, -0.1) is 11.6 Å². The molecule has 0 amide bonds. The Hall–Kier alpha value is -1.54. The topological polar surface area (TPSA) is 22.1 Å². The van der Waals surface area contributed by atoms with Crippen molar-refractivity contribution in [3.63, 3.8) is 0 Å². The van der Waals surface area contributed by atoms with Gasteiger partial charge in [-0.25, -0.2) is 0 Å². The van der Waals surface area contributed by atoms with Crippen molar-refractivity contribution in [2.75, 3.05) is 6.61 Å². The van der Waals surface area contributed by atoms with Crippen LogP contribution in [0.1, 0.15) is 11.3 Å². The molecule has 0 unspecified atom stereocenters. The summed E-state index contributed by atoms with van der Waals surface area (Å²) in [5, 5.41) is 0. The van der Waals surface area contributed by atoms with Gasteiger partial charge in [-0.1, -0.05) is 30.3 Å². The van der Waals surface area contributed by atoms with E-state index in [1.54, 1.807) is 6.20 Å². The first-order valence-electron chi connectivity index (χ1n) is 5.56. The Bertz CT molecular complexity index is 442. The van der Waals surface area contributed by atoms with Gasteiger partial charge >= 0.3 is 0 Å². The summed E-state index contributed by atoms with van der Waals surface area (Å²) in [6.07, 6.45) is 2.61. The number of rotatable bonds is 5. The van der Waals surface area contributed by atoms with Gasteiger partial charge < -0.3 is 4.74 Å². The van der Waals surface area contributed by atoms with Crippen LogP contribution in [0, 0.1) is 0 Å². The maximum absolute atomic E-state index is 5.66. The van der Waals surface area contributed by atoms with E-state index < -0.39 is 0 Å². The van der Waals surface area contributed by atoms with Crippen molar-refractivity contribution in [3.05, 3.63) is 59.9 Å². The first kappa shape index (κ1) is 11.9. The van der Waals surface area contributed by atoms with Crippen LogP contribution in [0.5, 0.6) is 5.75 Å². The molecule has 0 saturated carbocycles. The van der Waals surface area contributed by atoms with Crippen LogP contribution in [0.4, 0.5) is 0 Å². The summed E-state index contributed by atoms with van der Waals surface area (Å²) in [7, 11) is 0. The summed E-state index contributed by atoms with van der Waals surface area (Å²) < 4.78 is 5.60. The highest BCUT2D eigenvalue weighted by Crippen LogP contribution is 2.11. The normalized spacial score (nSPS) is 10.2. The summed E-state index contributed by atoms with van der Waals surface area (Å²) in [5.41, 5.74) is 2.14. The van der Waals surface area contributed by atoms with E-state index in [4.69, 9.17) is 16.3 Å². The average Bonchev–Trinajstić information content (AvgIpc) is 2.41. The largest absolute Gasteiger partial charge is 0.492 e. The second-order valence-corrected chi connectivity index (χ2v) is 3.97. The molecule has 0 atom stereocenters. The highest BCUT2D eigenvalue weighted by molar-refractivity contribution is 6.16. The van der Waals surface area contributed by atoms with E-state index in [-0.39, 0.29) is 0 Å². The van der Waals surface area contributed by atoms with Crippen LogP contribution < -0.4 is 4.74 Å². The number of hydrogen-bond acceptors (Lipinski definition) is 2. The molecule has 0 aliphatic rings. The molecule has 1 heterocycles. The van der Waals surface area contributed by atoms with Crippen molar-refractivity contribution < 1.29 is 4.74 Å². The van der Waals surface area contributed by atoms with Crippen LogP contribution in [0.25, 0.3) is 0 Å². The number of pyridine rings is 1. The summed E-state index contributed by atoms with van der Waals surface area (Å²) in [6.45, 7) is 0.659. The first-order valence-corrected chi connectivity index (χ1v) is 6.09. The molecule has 2 nitrogen and oxygen atoms in total. The van der Waals surface area contributed by atoms with Crippen LogP contribution in [-0.4, -0.2) is 11.6 Å². The number of benzene rings is 1. The van der Waals surface area contributed by atoms with E-state index in [1.165, 1.54) is 5.56 Å². The fourth-order valence-electron chi connectivity index (χ4n) is 1.51. The molecule has 88 valence electrons. The van der Waals surface area contributed by atoms with E-state index in [1.807, 2.05) is 30.3 Å². The number of nitrogens with zero attached hydrogens (tertiary/aromatic N) is 1. The van der Waals surface area contributed by atoms with Gasteiger partial charge in [-0.05, 0) is 17.7 Å². The molecular weight excluding hydrogens is 234 g/mol. The summed E-state index contributed by atoms with van der Waals surface area (Å²) in [4.78, 5) is 4.17. The van der Waals surface area contributed by atoms with Crippen LogP contribution >= 0.6 is 11.6 Å². The lowest BCUT2D eigenvalue weighted by molar-refractivity contribution is 0.320. The van der Waals surface area contributed by atoms with Crippen LogP contribution in [0.3, 0.4) is 0 Å². The van der Waals surface area contributed by atoms with E-state index in [2.05, 4.69) is 17.1 Å². The van der Waals surface area contributed by atoms with E-state index in [0.29, 0.717) is 12.5 Å². The Morgan fingerprint density at radius 1 is 1.06 bits per heavy atom. The molecule has 17 heavy (non-hydrogen) atoms. The van der Waals surface area contributed by atoms with Crippen molar-refractivity contribution in [2.45, 2.75) is 12.3 Å². The number of halogens is 1. The molecule has 0 N–H and O–H groups in total. The number of alkyl halides is 1. The Morgan fingerprint density at radius 2 is 1.88 bits per heavy atom. The van der Waals surface area contributed by atoms with Gasteiger partial charge in [0.15, 0.2) is 0 Å². The molecule has 3 heteroatoms. The monoisotopic (exact) mass is 247 g/mol. The van der Waals surface area contributed by atoms with Gasteiger partial charge in [-0.3, -0.25) is 4.98 Å². The van der Waals surface area contributed by atoms with Crippen molar-refractivity contribution in [3.8, 4) is 5.75 Å². The molecule has 0 radical (unpaired) electrons. The van der Waals surface area contributed by atoms with Crippen molar-refractivity contribution >= 4 is 11.6 Å². The minimum absolute atomic E-state index is 0.435. The molecule has 2 rings (SSSR count). The van der Waals surface area contributed by atoms with Crippen LogP contribution in [0.15, 0.2) is 48.7 Å². The molecule has 0 spiro atoms. The highest BCUT2D eigenvalue weighted by atomic mass is 35.5. The SMILES string of the molecule is ClCc1ccc(OCCc2ccccc2)cn1. The van der Waals surface area contributed by atoms with Gasteiger partial charge in [0.1, 0.15) is 5.75 Å². The molecular formula is C14H14ClNO. The Labute approximate surface area is 106 Å². The van der Waals surface area contributed by atoms with Crippen molar-refractivity contribution in [2.24, 2.45) is 0 Å². The number of hydrogen-bond donors (Lipinski definition) is 0. The van der Waals surface area contributed by atoms with Gasteiger partial charge in [-0.2, -0.15) is 0 Å². The molecule has 0 aliphatic carbocycles. The second-order valence-electron chi connectivity index (χ2n) is 3.70. The maximum atomic E-state index is 5.66. The smallest absolute Gasteiger partial charge is 0.137 e. The first-order chi connectivity index (χ1) is 8.38. The maximum Gasteiger partial charge on any atom is 0.137 e. The lowest BCUT2D eigenvalue weighted by Crippen LogP contribution is -2.01. The summed E-state index contributed by atoms with van der Waals surface area (Å²) in [5.74, 6) is 1.22. The van der Waals surface area contributed by atoms with Gasteiger partial charge in [0.25, 0.3) is 0 Å². The molecule has 1 aromatic carbocycles. The molecule has 0 bridgehead atoms. The standard InChI is InChI=1S/C14H14ClNO/c15-10-13-6-7-14(11-16-13)17-9-8-12-4-2-1-3-5-12/h1-7,11H,8-10H2. The molecule has 0 aliphatic heterocycles. The van der Waals surface area contributed by atoms with Gasteiger partial charge in [0, 0.05) is 6.42 Å². The fraction of sp³-hybridized carbons (Fsp3) is 0.214. The van der Waals surface area contributed by atoms with Crippen LogP contribution in [0.2, 0.25) is 0 Å². The zero-order chi connectivity index (χ0) is 11.9. The zero-order valence-electron chi connectivity index (χ0n) is 9.47. The molecule has 0 fully saturated rings. The Kier molecular flexibility index (Phi) is 4.39. The lowest BCUT2D eigenvalue weighted by atomic mass is 10.2. The predicted octanol–water partition coefficient (Wildman–Crippen LogP) is 3.44. The molecule has 1 aromatic heterocycles. The van der Waals surface area contributed by atoms with Gasteiger partial charge in [0.05, 0.1) is 24.4 Å². The lowest BCUT2D eigenvalue weighted by Gasteiger charge is -2.06. The van der Waals surface area contributed by atoms with Crippen LogP contribution in [-0.2, 0) is 12.3 Å². The van der Waals surface area contributed by atoms with Crippen molar-refractivity contribution in [1.82, 2.24) is 4.98 Å². The minimum Gasteiger partial charge on any atom is -0.492 e. The Balaban J connectivity index is 1.82. The van der Waals surface area contributed by atoms with Gasteiger partial charge in [0.2, 0.25) is 0 Å². The fourth-order valence-corrected chi connectivity index (χ4v) is 1.66. The van der Waals surface area contributed by atoms with E-state index in [9.17, 15) is 0 Å². The van der Waals surface area contributed by atoms with E-state index in [0.717, 1.165) is 17.9 Å². The Morgan fingerprint density at radius 3 is 2.53 bits per heavy atom. The molecule has 0 saturated heterocycles. The highest BCUT2D eigenvalue weighted by Gasteiger charge is 1.96. The van der Waals surface area contributed by atoms with E-state index >= 15 is 0 Å². The summed E-state index contributed by atoms with van der Waals surface area (Å²) >= 11 is 5.66. The third-order valence-corrected chi connectivity index (χ3v) is 2.71. The number of aromatic nitrogens is 1. The minimum atomic E-state index is 0.435. The van der Waals surface area contributed by atoms with Crippen molar-refractivity contribution in [1.29, 1.82) is 0 Å². The predicted molar refractivity (Wildman–Crippen MR) is 69.4 cm³/mol. The third-order valence-electron chi connectivity index (χ3n) is 2.44. The summed E-state index contributed by atoms with van der Waals surface area (Å²) in [6, 6.07) is 14.1. The third kappa shape index (κ3) is 3.75. The zero-order valence-corrected chi connectivity index (χ0v) is 10.2.